The lowest BCUT2D eigenvalue weighted by atomic mass is 10.1. The molecule has 180 valence electrons. The second-order valence-corrected chi connectivity index (χ2v) is 10.3. The van der Waals surface area contributed by atoms with E-state index in [9.17, 15) is 22.4 Å². The molecule has 0 heterocycles. The van der Waals surface area contributed by atoms with Gasteiger partial charge in [0, 0.05) is 17.6 Å². The molecule has 2 aromatic rings. The molecular formula is C23H29ClFN3O4S. The predicted molar refractivity (Wildman–Crippen MR) is 128 cm³/mol. The average molecular weight is 498 g/mol. The number of carbonyl (C=O) groups is 2. The van der Waals surface area contributed by atoms with Gasteiger partial charge >= 0.3 is 0 Å². The molecule has 0 spiro atoms. The molecule has 2 rings (SSSR count). The van der Waals surface area contributed by atoms with E-state index >= 15 is 0 Å². The Hall–Kier alpha value is -2.65. The number of halogens is 2. The van der Waals surface area contributed by atoms with E-state index in [0.717, 1.165) is 10.6 Å². The maximum Gasteiger partial charge on any atom is 0.244 e. The Morgan fingerprint density at radius 1 is 1.06 bits per heavy atom. The fourth-order valence-corrected chi connectivity index (χ4v) is 4.28. The molecule has 0 unspecified atom stereocenters. The summed E-state index contributed by atoms with van der Waals surface area (Å²) in [5, 5.41) is 3.23. The molecule has 2 aromatic carbocycles. The summed E-state index contributed by atoms with van der Waals surface area (Å²) in [6.45, 7) is 4.89. The molecule has 1 N–H and O–H groups in total. The van der Waals surface area contributed by atoms with E-state index in [4.69, 9.17) is 11.6 Å². The maximum absolute atomic E-state index is 13.4. The van der Waals surface area contributed by atoms with Crippen LogP contribution in [0.25, 0.3) is 0 Å². The quantitative estimate of drug-likeness (QED) is 0.543. The van der Waals surface area contributed by atoms with Crippen LogP contribution in [0.2, 0.25) is 5.02 Å². The first-order chi connectivity index (χ1) is 15.4. The number of nitrogens with one attached hydrogen (secondary N) is 1. The third-order valence-electron chi connectivity index (χ3n) is 4.88. The third kappa shape index (κ3) is 7.71. The van der Waals surface area contributed by atoms with Gasteiger partial charge in [-0.2, -0.15) is 0 Å². The highest BCUT2D eigenvalue weighted by atomic mass is 35.5. The van der Waals surface area contributed by atoms with Gasteiger partial charge in [-0.05, 0) is 62.2 Å². The molecule has 0 saturated carbocycles. The Labute approximate surface area is 199 Å². The van der Waals surface area contributed by atoms with Gasteiger partial charge in [-0.1, -0.05) is 30.7 Å². The smallest absolute Gasteiger partial charge is 0.244 e. The summed E-state index contributed by atoms with van der Waals surface area (Å²) in [5.41, 5.74) is 0.884. The normalized spacial score (nSPS) is 12.3. The van der Waals surface area contributed by atoms with Crippen LogP contribution in [0.4, 0.5) is 10.1 Å². The Kier molecular flexibility index (Phi) is 9.25. The largest absolute Gasteiger partial charge is 0.352 e. The van der Waals surface area contributed by atoms with E-state index in [1.165, 1.54) is 53.4 Å². The summed E-state index contributed by atoms with van der Waals surface area (Å²) in [5.74, 6) is -1.34. The summed E-state index contributed by atoms with van der Waals surface area (Å²) >= 11 is 5.91. The van der Waals surface area contributed by atoms with Crippen molar-refractivity contribution in [1.29, 1.82) is 0 Å². The topological polar surface area (TPSA) is 86.8 Å². The molecule has 0 aliphatic rings. The molecule has 0 saturated heterocycles. The van der Waals surface area contributed by atoms with Crippen molar-refractivity contribution >= 4 is 39.1 Å². The van der Waals surface area contributed by atoms with Crippen molar-refractivity contribution in [2.75, 3.05) is 17.1 Å². The zero-order chi connectivity index (χ0) is 24.8. The average Bonchev–Trinajstić information content (AvgIpc) is 2.72. The van der Waals surface area contributed by atoms with Crippen LogP contribution in [0.5, 0.6) is 0 Å². The SMILES string of the molecule is CC[C@@H](C(=O)NC(C)C)N(Cc1ccc(F)cc1)C(=O)CN(c1ccc(Cl)cc1)S(C)(=O)=O. The van der Waals surface area contributed by atoms with Crippen LogP contribution >= 0.6 is 11.6 Å². The minimum atomic E-state index is -3.82. The van der Waals surface area contributed by atoms with E-state index in [-0.39, 0.29) is 24.2 Å². The number of hydrogen-bond donors (Lipinski definition) is 1. The van der Waals surface area contributed by atoms with Crippen molar-refractivity contribution in [2.24, 2.45) is 0 Å². The molecule has 2 amide bonds. The highest BCUT2D eigenvalue weighted by Crippen LogP contribution is 2.22. The molecule has 0 fully saturated rings. The lowest BCUT2D eigenvalue weighted by Gasteiger charge is -2.33. The van der Waals surface area contributed by atoms with Gasteiger partial charge in [0.15, 0.2) is 0 Å². The van der Waals surface area contributed by atoms with E-state index in [0.29, 0.717) is 17.0 Å². The lowest BCUT2D eigenvalue weighted by molar-refractivity contribution is -0.140. The number of benzene rings is 2. The molecule has 0 radical (unpaired) electrons. The Morgan fingerprint density at radius 2 is 1.64 bits per heavy atom. The number of nitrogens with zero attached hydrogens (tertiary/aromatic N) is 2. The van der Waals surface area contributed by atoms with E-state index in [1.807, 2.05) is 13.8 Å². The summed E-state index contributed by atoms with van der Waals surface area (Å²) in [6.07, 6.45) is 1.31. The van der Waals surface area contributed by atoms with Crippen molar-refractivity contribution in [2.45, 2.75) is 45.8 Å². The zero-order valence-corrected chi connectivity index (χ0v) is 20.7. The van der Waals surface area contributed by atoms with Gasteiger partial charge < -0.3 is 10.2 Å². The van der Waals surface area contributed by atoms with Crippen molar-refractivity contribution in [3.8, 4) is 0 Å². The van der Waals surface area contributed by atoms with Crippen LogP contribution in [0.3, 0.4) is 0 Å². The lowest BCUT2D eigenvalue weighted by Crippen LogP contribution is -2.53. The van der Waals surface area contributed by atoms with Crippen molar-refractivity contribution in [3.63, 3.8) is 0 Å². The highest BCUT2D eigenvalue weighted by molar-refractivity contribution is 7.92. The fourth-order valence-electron chi connectivity index (χ4n) is 3.31. The zero-order valence-electron chi connectivity index (χ0n) is 19.1. The van der Waals surface area contributed by atoms with Gasteiger partial charge in [0.25, 0.3) is 0 Å². The van der Waals surface area contributed by atoms with Gasteiger partial charge in [0.05, 0.1) is 11.9 Å². The highest BCUT2D eigenvalue weighted by Gasteiger charge is 2.31. The number of hydrogen-bond acceptors (Lipinski definition) is 4. The van der Waals surface area contributed by atoms with Crippen molar-refractivity contribution in [3.05, 3.63) is 64.9 Å². The summed E-state index contributed by atoms with van der Waals surface area (Å²) < 4.78 is 39.3. The molecule has 7 nitrogen and oxygen atoms in total. The number of amides is 2. The fraction of sp³-hybridized carbons (Fsp3) is 0.391. The monoisotopic (exact) mass is 497 g/mol. The van der Waals surface area contributed by atoms with Crippen LogP contribution in [-0.2, 0) is 26.2 Å². The molecule has 0 aliphatic heterocycles. The summed E-state index contributed by atoms with van der Waals surface area (Å²) in [4.78, 5) is 27.6. The molecule has 33 heavy (non-hydrogen) atoms. The second kappa shape index (κ2) is 11.5. The van der Waals surface area contributed by atoms with Gasteiger partial charge in [-0.3, -0.25) is 13.9 Å². The van der Waals surface area contributed by atoms with E-state index in [1.54, 1.807) is 6.92 Å². The van der Waals surface area contributed by atoms with Crippen LogP contribution in [0.1, 0.15) is 32.8 Å². The van der Waals surface area contributed by atoms with Crippen molar-refractivity contribution in [1.82, 2.24) is 10.2 Å². The van der Waals surface area contributed by atoms with Crippen LogP contribution in [-0.4, -0.2) is 50.0 Å². The number of anilines is 1. The Balaban J connectivity index is 2.42. The van der Waals surface area contributed by atoms with E-state index in [2.05, 4.69) is 5.32 Å². The molecule has 0 aromatic heterocycles. The van der Waals surface area contributed by atoms with E-state index < -0.39 is 34.3 Å². The number of sulfonamides is 1. The summed E-state index contributed by atoms with van der Waals surface area (Å²) in [6, 6.07) is 10.7. The predicted octanol–water partition coefficient (Wildman–Crippen LogP) is 3.58. The minimum absolute atomic E-state index is 0.0152. The van der Waals surface area contributed by atoms with Crippen LogP contribution in [0, 0.1) is 5.82 Å². The third-order valence-corrected chi connectivity index (χ3v) is 6.27. The first kappa shape index (κ1) is 26.6. The van der Waals surface area contributed by atoms with Gasteiger partial charge in [-0.15, -0.1) is 0 Å². The maximum atomic E-state index is 13.4. The first-order valence-corrected chi connectivity index (χ1v) is 12.7. The van der Waals surface area contributed by atoms with Gasteiger partial charge in [0.2, 0.25) is 21.8 Å². The molecule has 10 heteroatoms. The molecule has 0 aliphatic carbocycles. The van der Waals surface area contributed by atoms with Gasteiger partial charge in [-0.25, -0.2) is 12.8 Å². The molecule has 1 atom stereocenters. The number of rotatable bonds is 10. The Bertz CT molecular complexity index is 1060. The molecule has 0 bridgehead atoms. The standard InChI is InChI=1S/C23H29ClFN3O4S/c1-5-21(23(30)26-16(2)3)27(14-17-6-10-19(25)11-7-17)22(29)15-28(33(4,31)32)20-12-8-18(24)9-13-20/h6-13,16,21H,5,14-15H2,1-4H3,(H,26,30)/t21-/m0/s1. The van der Waals surface area contributed by atoms with Crippen LogP contribution < -0.4 is 9.62 Å². The Morgan fingerprint density at radius 3 is 2.12 bits per heavy atom. The second-order valence-electron chi connectivity index (χ2n) is 7.98. The van der Waals surface area contributed by atoms with Crippen molar-refractivity contribution < 1.29 is 22.4 Å². The summed E-state index contributed by atoms with van der Waals surface area (Å²) in [7, 11) is -3.82. The minimum Gasteiger partial charge on any atom is -0.352 e. The molecular weight excluding hydrogens is 469 g/mol. The van der Waals surface area contributed by atoms with Crippen LogP contribution in [0.15, 0.2) is 48.5 Å². The first-order valence-electron chi connectivity index (χ1n) is 10.5. The van der Waals surface area contributed by atoms with Gasteiger partial charge in [0.1, 0.15) is 18.4 Å². The number of carbonyl (C=O) groups excluding carboxylic acids is 2.